The Morgan fingerprint density at radius 1 is 0.895 bits per heavy atom. The van der Waals surface area contributed by atoms with E-state index in [0.717, 1.165) is 24.0 Å². The van der Waals surface area contributed by atoms with Crippen molar-refractivity contribution in [1.29, 1.82) is 0 Å². The van der Waals surface area contributed by atoms with E-state index in [1.165, 1.54) is 12.1 Å². The second kappa shape index (κ2) is 6.69. The van der Waals surface area contributed by atoms with Crippen LogP contribution in [0, 0.1) is 11.7 Å². The second-order valence-corrected chi connectivity index (χ2v) is 5.15. The number of aliphatic hydroxyl groups is 1. The Labute approximate surface area is 117 Å². The summed E-state index contributed by atoms with van der Waals surface area (Å²) >= 11 is 5.84. The molecule has 1 atom stereocenters. The van der Waals surface area contributed by atoms with Gasteiger partial charge in [0.15, 0.2) is 0 Å². The molecule has 0 radical (unpaired) electrons. The average molecular weight is 279 g/mol. The van der Waals surface area contributed by atoms with E-state index in [2.05, 4.69) is 0 Å². The molecule has 0 amide bonds. The molecule has 0 spiro atoms. The molecule has 1 N–H and O–H groups in total. The lowest BCUT2D eigenvalue weighted by molar-refractivity contribution is 0.225. The Morgan fingerprint density at radius 3 is 1.84 bits per heavy atom. The van der Waals surface area contributed by atoms with E-state index in [0.29, 0.717) is 5.02 Å². The van der Waals surface area contributed by atoms with Gasteiger partial charge in [0.25, 0.3) is 0 Å². The maximum absolute atomic E-state index is 12.8. The predicted molar refractivity (Wildman–Crippen MR) is 75.8 cm³/mol. The molecule has 0 saturated heterocycles. The van der Waals surface area contributed by atoms with Gasteiger partial charge in [-0.3, -0.25) is 0 Å². The highest BCUT2D eigenvalue weighted by atomic mass is 35.5. The molecule has 2 rings (SSSR count). The van der Waals surface area contributed by atoms with E-state index < -0.39 is 0 Å². The van der Waals surface area contributed by atoms with Crippen LogP contribution in [-0.4, -0.2) is 11.7 Å². The first-order valence-corrected chi connectivity index (χ1v) is 6.65. The van der Waals surface area contributed by atoms with Gasteiger partial charge in [-0.15, -0.1) is 0 Å². The highest BCUT2D eigenvalue weighted by Gasteiger charge is 2.10. The van der Waals surface area contributed by atoms with Gasteiger partial charge in [-0.25, -0.2) is 4.39 Å². The lowest BCUT2D eigenvalue weighted by Gasteiger charge is -2.14. The van der Waals surface area contributed by atoms with Crippen LogP contribution in [0.5, 0.6) is 0 Å². The molecule has 3 heteroatoms. The third kappa shape index (κ3) is 4.34. The lowest BCUT2D eigenvalue weighted by atomic mass is 9.93. The van der Waals surface area contributed by atoms with Gasteiger partial charge in [-0.05, 0) is 54.2 Å². The molecule has 2 aromatic rings. The van der Waals surface area contributed by atoms with Crippen LogP contribution in [0.15, 0.2) is 48.5 Å². The molecular formula is C16H16ClFO. The lowest BCUT2D eigenvalue weighted by Crippen LogP contribution is -2.13. The van der Waals surface area contributed by atoms with Crippen LogP contribution in [0.1, 0.15) is 11.1 Å². The molecule has 1 unspecified atom stereocenters. The summed E-state index contributed by atoms with van der Waals surface area (Å²) in [4.78, 5) is 0. The monoisotopic (exact) mass is 278 g/mol. The van der Waals surface area contributed by atoms with Crippen LogP contribution in [0.4, 0.5) is 4.39 Å². The predicted octanol–water partition coefficient (Wildman–Crippen LogP) is 3.87. The molecule has 100 valence electrons. The van der Waals surface area contributed by atoms with Crippen molar-refractivity contribution in [3.05, 3.63) is 70.5 Å². The van der Waals surface area contributed by atoms with Crippen LogP contribution < -0.4 is 0 Å². The van der Waals surface area contributed by atoms with Crippen molar-refractivity contribution in [1.82, 2.24) is 0 Å². The molecule has 0 aliphatic heterocycles. The Morgan fingerprint density at radius 2 is 1.37 bits per heavy atom. The third-order valence-electron chi connectivity index (χ3n) is 3.13. The maximum atomic E-state index is 12.8. The quantitative estimate of drug-likeness (QED) is 0.880. The summed E-state index contributed by atoms with van der Waals surface area (Å²) in [5.74, 6) is -0.103. The van der Waals surface area contributed by atoms with E-state index in [9.17, 15) is 9.50 Å². The molecule has 0 saturated carbocycles. The smallest absolute Gasteiger partial charge is 0.123 e. The molecular weight excluding hydrogens is 263 g/mol. The number of benzene rings is 2. The summed E-state index contributed by atoms with van der Waals surface area (Å²) in [6.07, 6.45) is 1.52. The average Bonchev–Trinajstić information content (AvgIpc) is 2.43. The van der Waals surface area contributed by atoms with Gasteiger partial charge in [0.05, 0.1) is 0 Å². The van der Waals surface area contributed by atoms with Crippen molar-refractivity contribution in [3.63, 3.8) is 0 Å². The van der Waals surface area contributed by atoms with E-state index in [1.54, 1.807) is 12.1 Å². The first-order chi connectivity index (χ1) is 9.17. The number of aliphatic hydroxyl groups excluding tert-OH is 1. The van der Waals surface area contributed by atoms with Gasteiger partial charge >= 0.3 is 0 Å². The van der Waals surface area contributed by atoms with Gasteiger partial charge in [-0.1, -0.05) is 35.9 Å². The van der Waals surface area contributed by atoms with Crippen LogP contribution in [0.2, 0.25) is 5.02 Å². The fourth-order valence-corrected chi connectivity index (χ4v) is 2.23. The van der Waals surface area contributed by atoms with Gasteiger partial charge in [-0.2, -0.15) is 0 Å². The first kappa shape index (κ1) is 14.0. The van der Waals surface area contributed by atoms with Crippen LogP contribution in [-0.2, 0) is 12.8 Å². The maximum Gasteiger partial charge on any atom is 0.123 e. The third-order valence-corrected chi connectivity index (χ3v) is 3.39. The molecule has 0 bridgehead atoms. The van der Waals surface area contributed by atoms with Gasteiger partial charge in [0.2, 0.25) is 0 Å². The minimum absolute atomic E-state index is 0.111. The normalized spacial score (nSPS) is 12.4. The fourth-order valence-electron chi connectivity index (χ4n) is 2.11. The molecule has 0 aromatic heterocycles. The molecule has 0 aliphatic carbocycles. The SMILES string of the molecule is OCC(Cc1ccc(F)cc1)Cc1ccc(Cl)cc1. The number of halogens is 2. The number of hydrogen-bond acceptors (Lipinski definition) is 1. The summed E-state index contributed by atoms with van der Waals surface area (Å²) in [6, 6.07) is 14.1. The number of hydrogen-bond donors (Lipinski definition) is 1. The summed E-state index contributed by atoms with van der Waals surface area (Å²) in [5, 5.41) is 10.2. The number of rotatable bonds is 5. The molecule has 0 aliphatic rings. The van der Waals surface area contributed by atoms with Crippen molar-refractivity contribution < 1.29 is 9.50 Å². The van der Waals surface area contributed by atoms with E-state index in [4.69, 9.17) is 11.6 Å². The fraction of sp³-hybridized carbons (Fsp3) is 0.250. The summed E-state index contributed by atoms with van der Waals surface area (Å²) < 4.78 is 12.8. The summed E-state index contributed by atoms with van der Waals surface area (Å²) in [7, 11) is 0. The zero-order valence-corrected chi connectivity index (χ0v) is 11.3. The molecule has 2 aromatic carbocycles. The molecule has 19 heavy (non-hydrogen) atoms. The largest absolute Gasteiger partial charge is 0.396 e. The molecule has 0 fully saturated rings. The second-order valence-electron chi connectivity index (χ2n) is 4.71. The first-order valence-electron chi connectivity index (χ1n) is 6.27. The summed E-state index contributed by atoms with van der Waals surface area (Å²) in [6.45, 7) is 0.111. The zero-order valence-electron chi connectivity index (χ0n) is 10.5. The van der Waals surface area contributed by atoms with Crippen molar-refractivity contribution in [2.45, 2.75) is 12.8 Å². The van der Waals surface area contributed by atoms with E-state index in [1.807, 2.05) is 24.3 Å². The Balaban J connectivity index is 2.00. The Hall–Kier alpha value is -1.38. The molecule has 1 nitrogen and oxygen atoms in total. The van der Waals surface area contributed by atoms with E-state index >= 15 is 0 Å². The topological polar surface area (TPSA) is 20.2 Å². The molecule has 0 heterocycles. The van der Waals surface area contributed by atoms with Crippen LogP contribution >= 0.6 is 11.6 Å². The van der Waals surface area contributed by atoms with Crippen molar-refractivity contribution in [2.24, 2.45) is 5.92 Å². The minimum Gasteiger partial charge on any atom is -0.396 e. The van der Waals surface area contributed by atoms with Gasteiger partial charge in [0, 0.05) is 11.6 Å². The van der Waals surface area contributed by atoms with Crippen molar-refractivity contribution in [3.8, 4) is 0 Å². The zero-order chi connectivity index (χ0) is 13.7. The van der Waals surface area contributed by atoms with Gasteiger partial charge < -0.3 is 5.11 Å². The minimum atomic E-state index is -0.234. The Bertz CT molecular complexity index is 460. The highest BCUT2D eigenvalue weighted by Crippen LogP contribution is 2.17. The standard InChI is InChI=1S/C16H16ClFO/c17-15-5-1-12(2-6-15)9-14(11-19)10-13-3-7-16(18)8-4-13/h1-8,14,19H,9-11H2. The van der Waals surface area contributed by atoms with Crippen LogP contribution in [0.25, 0.3) is 0 Å². The summed E-state index contributed by atoms with van der Waals surface area (Å²) in [5.41, 5.74) is 2.18. The van der Waals surface area contributed by atoms with Gasteiger partial charge in [0.1, 0.15) is 5.82 Å². The highest BCUT2D eigenvalue weighted by molar-refractivity contribution is 6.30. The Kier molecular flexibility index (Phi) is 4.94. The van der Waals surface area contributed by atoms with Crippen molar-refractivity contribution in [2.75, 3.05) is 6.61 Å². The van der Waals surface area contributed by atoms with Crippen LogP contribution in [0.3, 0.4) is 0 Å². The van der Waals surface area contributed by atoms with Crippen molar-refractivity contribution >= 4 is 11.6 Å². The van der Waals surface area contributed by atoms with E-state index in [-0.39, 0.29) is 18.3 Å².